The van der Waals surface area contributed by atoms with Crippen LogP contribution >= 0.6 is 0 Å². The summed E-state index contributed by atoms with van der Waals surface area (Å²) in [7, 11) is 0. The molecule has 0 aromatic heterocycles. The molecule has 0 saturated carbocycles. The smallest absolute Gasteiger partial charge is 0.290 e. The maximum atomic E-state index is 12.7. The molecule has 1 atom stereocenters. The highest BCUT2D eigenvalue weighted by Gasteiger charge is 2.38. The SMILES string of the molecule is C[C@@H]1C(=O)N(Cc2ccccc2)CC(=O)N1CC(=O)N1CCCCC1.O=CO. The summed E-state index contributed by atoms with van der Waals surface area (Å²) in [5.74, 6) is -0.313. The Kier molecular flexibility index (Phi) is 7.98. The molecule has 2 heterocycles. The first-order valence-electron chi connectivity index (χ1n) is 9.45. The average molecular weight is 389 g/mol. The fourth-order valence-electron chi connectivity index (χ4n) is 3.50. The van der Waals surface area contributed by atoms with Crippen LogP contribution < -0.4 is 0 Å². The molecule has 2 aliphatic rings. The topological polar surface area (TPSA) is 98.2 Å². The maximum absolute atomic E-state index is 12.7. The van der Waals surface area contributed by atoms with E-state index in [1.54, 1.807) is 11.8 Å². The number of benzene rings is 1. The number of carboxylic acid groups (broad SMARTS) is 1. The zero-order valence-corrected chi connectivity index (χ0v) is 16.1. The van der Waals surface area contributed by atoms with Gasteiger partial charge in [0.15, 0.2) is 0 Å². The summed E-state index contributed by atoms with van der Waals surface area (Å²) >= 11 is 0. The van der Waals surface area contributed by atoms with Crippen molar-refractivity contribution in [1.82, 2.24) is 14.7 Å². The van der Waals surface area contributed by atoms with Crippen LogP contribution in [-0.4, -0.2) is 76.2 Å². The summed E-state index contributed by atoms with van der Waals surface area (Å²) in [5, 5.41) is 6.89. The third-order valence-electron chi connectivity index (χ3n) is 5.01. The lowest BCUT2D eigenvalue weighted by Crippen LogP contribution is -2.60. The molecule has 8 heteroatoms. The zero-order chi connectivity index (χ0) is 20.5. The fourth-order valence-corrected chi connectivity index (χ4v) is 3.50. The van der Waals surface area contributed by atoms with Gasteiger partial charge in [0.05, 0.1) is 0 Å². The highest BCUT2D eigenvalue weighted by molar-refractivity contribution is 5.96. The molecule has 0 bridgehead atoms. The van der Waals surface area contributed by atoms with Gasteiger partial charge in [-0.3, -0.25) is 19.2 Å². The molecule has 1 aromatic carbocycles. The molecule has 0 radical (unpaired) electrons. The molecule has 3 amide bonds. The summed E-state index contributed by atoms with van der Waals surface area (Å²) in [5.41, 5.74) is 0.994. The van der Waals surface area contributed by atoms with Crippen LogP contribution in [0.1, 0.15) is 31.7 Å². The highest BCUT2D eigenvalue weighted by Crippen LogP contribution is 2.17. The van der Waals surface area contributed by atoms with Crippen molar-refractivity contribution in [2.75, 3.05) is 26.2 Å². The molecule has 1 aromatic rings. The van der Waals surface area contributed by atoms with E-state index in [0.29, 0.717) is 6.54 Å². The molecule has 2 saturated heterocycles. The molecule has 152 valence electrons. The van der Waals surface area contributed by atoms with E-state index in [2.05, 4.69) is 0 Å². The fraction of sp³-hybridized carbons (Fsp3) is 0.500. The largest absolute Gasteiger partial charge is 0.483 e. The van der Waals surface area contributed by atoms with Crippen LogP contribution in [0.3, 0.4) is 0 Å². The van der Waals surface area contributed by atoms with Crippen LogP contribution in [-0.2, 0) is 25.7 Å². The molecule has 1 N–H and O–H groups in total. The number of amides is 3. The second-order valence-electron chi connectivity index (χ2n) is 6.92. The predicted octanol–water partition coefficient (Wildman–Crippen LogP) is 0.959. The lowest BCUT2D eigenvalue weighted by Gasteiger charge is -2.39. The minimum absolute atomic E-state index is 0.00488. The van der Waals surface area contributed by atoms with E-state index in [9.17, 15) is 14.4 Å². The van der Waals surface area contributed by atoms with Crippen molar-refractivity contribution in [2.24, 2.45) is 0 Å². The number of rotatable bonds is 4. The molecule has 3 rings (SSSR count). The van der Waals surface area contributed by atoms with Gasteiger partial charge in [-0.05, 0) is 31.7 Å². The van der Waals surface area contributed by atoms with Gasteiger partial charge in [0.25, 0.3) is 6.47 Å². The molecule has 0 aliphatic carbocycles. The molecule has 0 unspecified atom stereocenters. The monoisotopic (exact) mass is 389 g/mol. The first-order chi connectivity index (χ1) is 13.5. The van der Waals surface area contributed by atoms with E-state index in [1.807, 2.05) is 35.2 Å². The molecule has 28 heavy (non-hydrogen) atoms. The van der Waals surface area contributed by atoms with E-state index in [4.69, 9.17) is 9.90 Å². The summed E-state index contributed by atoms with van der Waals surface area (Å²) in [6, 6.07) is 9.03. The van der Waals surface area contributed by atoms with Crippen LogP contribution in [0.15, 0.2) is 30.3 Å². The Morgan fingerprint density at radius 2 is 1.75 bits per heavy atom. The number of carbonyl (C=O) groups excluding carboxylic acids is 3. The van der Waals surface area contributed by atoms with Gasteiger partial charge >= 0.3 is 0 Å². The van der Waals surface area contributed by atoms with Gasteiger partial charge in [-0.1, -0.05) is 30.3 Å². The summed E-state index contributed by atoms with van der Waals surface area (Å²) in [4.78, 5) is 50.8. The van der Waals surface area contributed by atoms with Gasteiger partial charge in [0.1, 0.15) is 19.1 Å². The first kappa shape index (κ1) is 21.4. The van der Waals surface area contributed by atoms with Crippen molar-refractivity contribution in [1.29, 1.82) is 0 Å². The molecule has 2 aliphatic heterocycles. The second-order valence-corrected chi connectivity index (χ2v) is 6.92. The number of piperazine rings is 1. The van der Waals surface area contributed by atoms with Crippen LogP contribution in [0.25, 0.3) is 0 Å². The predicted molar refractivity (Wildman–Crippen MR) is 102 cm³/mol. The number of likely N-dealkylation sites (tertiary alicyclic amines) is 1. The number of carbonyl (C=O) groups is 4. The van der Waals surface area contributed by atoms with E-state index >= 15 is 0 Å². The van der Waals surface area contributed by atoms with E-state index < -0.39 is 6.04 Å². The third kappa shape index (κ3) is 5.55. The van der Waals surface area contributed by atoms with Crippen molar-refractivity contribution < 1.29 is 24.3 Å². The Labute approximate surface area is 164 Å². The molecular weight excluding hydrogens is 362 g/mol. The van der Waals surface area contributed by atoms with Gasteiger partial charge in [-0.25, -0.2) is 0 Å². The van der Waals surface area contributed by atoms with E-state index in [0.717, 1.165) is 37.9 Å². The quantitative estimate of drug-likeness (QED) is 0.774. The van der Waals surface area contributed by atoms with Crippen molar-refractivity contribution in [3.63, 3.8) is 0 Å². The maximum Gasteiger partial charge on any atom is 0.290 e. The molecular formula is C20H27N3O5. The molecule has 8 nitrogen and oxygen atoms in total. The molecule has 0 spiro atoms. The standard InChI is InChI=1S/C19H25N3O3.CH2O2/c1-15-19(25)21(12-16-8-4-2-5-9-16)13-18(24)22(15)14-17(23)20-10-6-3-7-11-20;2-1-3/h2,4-5,8-9,15H,3,6-7,10-14H2,1H3;1H,(H,2,3)/t15-;/m1./s1. The third-order valence-corrected chi connectivity index (χ3v) is 5.01. The summed E-state index contributed by atoms with van der Waals surface area (Å²) in [6.07, 6.45) is 3.17. The van der Waals surface area contributed by atoms with Crippen molar-refractivity contribution in [3.8, 4) is 0 Å². The summed E-state index contributed by atoms with van der Waals surface area (Å²) in [6.45, 7) is 3.42. The minimum atomic E-state index is -0.598. The lowest BCUT2D eigenvalue weighted by molar-refractivity contribution is -0.158. The Morgan fingerprint density at radius 1 is 1.14 bits per heavy atom. The Hall–Kier alpha value is -2.90. The van der Waals surface area contributed by atoms with Crippen molar-refractivity contribution >= 4 is 24.2 Å². The van der Waals surface area contributed by atoms with Crippen LogP contribution in [0.4, 0.5) is 0 Å². The molecule has 2 fully saturated rings. The van der Waals surface area contributed by atoms with Gasteiger partial charge in [-0.15, -0.1) is 0 Å². The van der Waals surface area contributed by atoms with Crippen LogP contribution in [0, 0.1) is 0 Å². The van der Waals surface area contributed by atoms with Gasteiger partial charge in [0, 0.05) is 19.6 Å². The van der Waals surface area contributed by atoms with Crippen LogP contribution in [0.2, 0.25) is 0 Å². The van der Waals surface area contributed by atoms with Gasteiger partial charge < -0.3 is 19.8 Å². The van der Waals surface area contributed by atoms with Crippen LogP contribution in [0.5, 0.6) is 0 Å². The minimum Gasteiger partial charge on any atom is -0.483 e. The number of nitrogens with zero attached hydrogens (tertiary/aromatic N) is 3. The second kappa shape index (κ2) is 10.4. The van der Waals surface area contributed by atoms with E-state index in [1.165, 1.54) is 4.90 Å². The van der Waals surface area contributed by atoms with E-state index in [-0.39, 0.29) is 37.3 Å². The van der Waals surface area contributed by atoms with Gasteiger partial charge in [0.2, 0.25) is 17.7 Å². The Balaban J connectivity index is 0.000000878. The number of piperidine rings is 1. The first-order valence-corrected chi connectivity index (χ1v) is 9.45. The Morgan fingerprint density at radius 3 is 2.36 bits per heavy atom. The summed E-state index contributed by atoms with van der Waals surface area (Å²) < 4.78 is 0. The number of hydrogen-bond donors (Lipinski definition) is 1. The van der Waals surface area contributed by atoms with Crippen molar-refractivity contribution in [2.45, 2.75) is 38.8 Å². The average Bonchev–Trinajstić information content (AvgIpc) is 2.71. The highest BCUT2D eigenvalue weighted by atomic mass is 16.3. The Bertz CT molecular complexity index is 688. The zero-order valence-electron chi connectivity index (χ0n) is 16.1. The normalized spacial score (nSPS) is 19.8. The van der Waals surface area contributed by atoms with Crippen molar-refractivity contribution in [3.05, 3.63) is 35.9 Å². The van der Waals surface area contributed by atoms with Gasteiger partial charge in [-0.2, -0.15) is 0 Å². The number of hydrogen-bond acceptors (Lipinski definition) is 4. The lowest BCUT2D eigenvalue weighted by atomic mass is 10.1.